The molecule has 0 saturated heterocycles. The summed E-state index contributed by atoms with van der Waals surface area (Å²) in [5.74, 6) is 7.51. The number of hydrazine groups is 1. The van der Waals surface area contributed by atoms with Gasteiger partial charge in [0.15, 0.2) is 0 Å². The molecule has 2 rings (SSSR count). The normalized spacial score (nSPS) is 12.0. The van der Waals surface area contributed by atoms with Gasteiger partial charge in [0.2, 0.25) is 0 Å². The zero-order chi connectivity index (χ0) is 15.4. The summed E-state index contributed by atoms with van der Waals surface area (Å²) in [6.07, 6.45) is 0. The topological polar surface area (TPSA) is 56.5 Å². The summed E-state index contributed by atoms with van der Waals surface area (Å²) in [6, 6.07) is 12.0. The van der Waals surface area contributed by atoms with Crippen LogP contribution in [-0.4, -0.2) is 14.2 Å². The fraction of sp³-hybridized carbons (Fsp3) is 0.294. The lowest BCUT2D eigenvalue weighted by molar-refractivity contribution is 0.411. The van der Waals surface area contributed by atoms with E-state index >= 15 is 0 Å². The second kappa shape index (κ2) is 6.61. The number of hydrogen-bond acceptors (Lipinski definition) is 4. The van der Waals surface area contributed by atoms with Gasteiger partial charge in [0.25, 0.3) is 0 Å². The van der Waals surface area contributed by atoms with E-state index in [1.165, 1.54) is 0 Å². The van der Waals surface area contributed by atoms with E-state index < -0.39 is 0 Å². The molecule has 1 unspecified atom stereocenters. The van der Waals surface area contributed by atoms with Crippen LogP contribution in [0.5, 0.6) is 11.5 Å². The first-order valence-electron chi connectivity index (χ1n) is 6.86. The highest BCUT2D eigenvalue weighted by Gasteiger charge is 2.16. The first-order valence-corrected chi connectivity index (χ1v) is 6.86. The van der Waals surface area contributed by atoms with Crippen molar-refractivity contribution < 1.29 is 9.47 Å². The van der Waals surface area contributed by atoms with E-state index in [0.29, 0.717) is 0 Å². The highest BCUT2D eigenvalue weighted by molar-refractivity contribution is 5.46. The van der Waals surface area contributed by atoms with E-state index in [2.05, 4.69) is 18.4 Å². The Morgan fingerprint density at radius 3 is 2.14 bits per heavy atom. The second-order valence-electron chi connectivity index (χ2n) is 5.05. The molecule has 0 saturated carbocycles. The predicted molar refractivity (Wildman–Crippen MR) is 84.6 cm³/mol. The zero-order valence-corrected chi connectivity index (χ0v) is 12.9. The van der Waals surface area contributed by atoms with Crippen molar-refractivity contribution in [2.45, 2.75) is 19.9 Å². The third-order valence-corrected chi connectivity index (χ3v) is 3.71. The smallest absolute Gasteiger partial charge is 0.122 e. The van der Waals surface area contributed by atoms with Gasteiger partial charge in [0.05, 0.1) is 20.3 Å². The molecule has 0 aliphatic carbocycles. The Kier molecular flexibility index (Phi) is 4.83. The van der Waals surface area contributed by atoms with Crippen LogP contribution in [0.25, 0.3) is 0 Å². The lowest BCUT2D eigenvalue weighted by Gasteiger charge is -2.21. The van der Waals surface area contributed by atoms with Crippen molar-refractivity contribution in [1.29, 1.82) is 0 Å². The Bertz CT molecular complexity index is 609. The first kappa shape index (κ1) is 15.4. The minimum absolute atomic E-state index is 0.0690. The van der Waals surface area contributed by atoms with E-state index in [0.717, 1.165) is 33.8 Å². The molecule has 3 N–H and O–H groups in total. The number of nitrogens with two attached hydrogens (primary N) is 1. The minimum atomic E-state index is -0.0690. The molecule has 4 nitrogen and oxygen atoms in total. The molecule has 21 heavy (non-hydrogen) atoms. The summed E-state index contributed by atoms with van der Waals surface area (Å²) in [4.78, 5) is 0. The molecule has 2 aromatic carbocycles. The van der Waals surface area contributed by atoms with Gasteiger partial charge in [0, 0.05) is 0 Å². The van der Waals surface area contributed by atoms with Gasteiger partial charge in [-0.1, -0.05) is 18.2 Å². The summed E-state index contributed by atoms with van der Waals surface area (Å²) in [5, 5.41) is 0. The van der Waals surface area contributed by atoms with Crippen LogP contribution in [0.2, 0.25) is 0 Å². The number of nitrogens with one attached hydrogen (secondary N) is 1. The molecule has 0 radical (unpaired) electrons. The maximum absolute atomic E-state index is 5.78. The van der Waals surface area contributed by atoms with Crippen LogP contribution in [0.3, 0.4) is 0 Å². The third kappa shape index (κ3) is 3.17. The standard InChI is InChI=1S/C17H22N2O2/c1-11-10-16(21-4)12(2)9-15(11)17(19-18)13-5-7-14(20-3)8-6-13/h5-10,17,19H,18H2,1-4H3. The first-order chi connectivity index (χ1) is 10.1. The summed E-state index contributed by atoms with van der Waals surface area (Å²) in [7, 11) is 3.34. The Hall–Kier alpha value is -2.04. The van der Waals surface area contributed by atoms with Crippen molar-refractivity contribution in [3.8, 4) is 11.5 Å². The number of ether oxygens (including phenoxy) is 2. The van der Waals surface area contributed by atoms with Gasteiger partial charge in [-0.3, -0.25) is 5.84 Å². The molecule has 0 aliphatic heterocycles. The molecule has 0 bridgehead atoms. The molecular formula is C17H22N2O2. The number of rotatable bonds is 5. The van der Waals surface area contributed by atoms with Crippen LogP contribution in [0.1, 0.15) is 28.3 Å². The van der Waals surface area contributed by atoms with Crippen LogP contribution >= 0.6 is 0 Å². The van der Waals surface area contributed by atoms with Crippen molar-refractivity contribution in [3.63, 3.8) is 0 Å². The van der Waals surface area contributed by atoms with Gasteiger partial charge >= 0.3 is 0 Å². The summed E-state index contributed by atoms with van der Waals surface area (Å²) in [6.45, 7) is 4.09. The van der Waals surface area contributed by atoms with E-state index in [1.807, 2.05) is 37.3 Å². The van der Waals surface area contributed by atoms with Gasteiger partial charge in [-0.05, 0) is 54.3 Å². The fourth-order valence-electron chi connectivity index (χ4n) is 2.50. The third-order valence-electron chi connectivity index (χ3n) is 3.71. The summed E-state index contributed by atoms with van der Waals surface area (Å²) in [5.41, 5.74) is 7.35. The van der Waals surface area contributed by atoms with E-state index in [1.54, 1.807) is 14.2 Å². The van der Waals surface area contributed by atoms with E-state index in [-0.39, 0.29) is 6.04 Å². The fourth-order valence-corrected chi connectivity index (χ4v) is 2.50. The molecule has 0 spiro atoms. The Morgan fingerprint density at radius 1 is 0.952 bits per heavy atom. The summed E-state index contributed by atoms with van der Waals surface area (Å²) < 4.78 is 10.6. The molecule has 0 aliphatic rings. The van der Waals surface area contributed by atoms with Gasteiger partial charge in [-0.2, -0.15) is 0 Å². The van der Waals surface area contributed by atoms with Crippen LogP contribution < -0.4 is 20.7 Å². The highest BCUT2D eigenvalue weighted by Crippen LogP contribution is 2.30. The minimum Gasteiger partial charge on any atom is -0.497 e. The molecule has 0 heterocycles. The van der Waals surface area contributed by atoms with Crippen molar-refractivity contribution in [2.75, 3.05) is 14.2 Å². The maximum atomic E-state index is 5.78. The van der Waals surface area contributed by atoms with Crippen molar-refractivity contribution in [3.05, 3.63) is 58.7 Å². The predicted octanol–water partition coefficient (Wildman–Crippen LogP) is 2.87. The quantitative estimate of drug-likeness (QED) is 0.655. The van der Waals surface area contributed by atoms with Crippen LogP contribution in [0.15, 0.2) is 36.4 Å². The van der Waals surface area contributed by atoms with E-state index in [4.69, 9.17) is 15.3 Å². The Balaban J connectivity index is 2.43. The average Bonchev–Trinajstić information content (AvgIpc) is 2.51. The SMILES string of the molecule is COc1ccc(C(NN)c2cc(C)c(OC)cc2C)cc1. The monoisotopic (exact) mass is 286 g/mol. The van der Waals surface area contributed by atoms with Crippen molar-refractivity contribution >= 4 is 0 Å². The molecule has 112 valence electrons. The molecule has 4 heteroatoms. The highest BCUT2D eigenvalue weighted by atomic mass is 16.5. The Labute approximate surface area is 125 Å². The average molecular weight is 286 g/mol. The van der Waals surface area contributed by atoms with Gasteiger partial charge < -0.3 is 9.47 Å². The van der Waals surface area contributed by atoms with Gasteiger partial charge in [-0.25, -0.2) is 5.43 Å². The Morgan fingerprint density at radius 2 is 1.62 bits per heavy atom. The van der Waals surface area contributed by atoms with Crippen LogP contribution in [0.4, 0.5) is 0 Å². The lowest BCUT2D eigenvalue weighted by Crippen LogP contribution is -2.29. The molecule has 0 aromatic heterocycles. The van der Waals surface area contributed by atoms with Gasteiger partial charge in [-0.15, -0.1) is 0 Å². The molecule has 1 atom stereocenters. The zero-order valence-electron chi connectivity index (χ0n) is 12.9. The number of benzene rings is 2. The van der Waals surface area contributed by atoms with Crippen molar-refractivity contribution in [1.82, 2.24) is 5.43 Å². The molecular weight excluding hydrogens is 264 g/mol. The molecule has 0 amide bonds. The van der Waals surface area contributed by atoms with Crippen LogP contribution in [-0.2, 0) is 0 Å². The van der Waals surface area contributed by atoms with Crippen LogP contribution in [0, 0.1) is 13.8 Å². The number of aryl methyl sites for hydroxylation is 2. The number of hydrogen-bond donors (Lipinski definition) is 2. The van der Waals surface area contributed by atoms with Crippen molar-refractivity contribution in [2.24, 2.45) is 5.84 Å². The largest absolute Gasteiger partial charge is 0.497 e. The molecule has 2 aromatic rings. The second-order valence-corrected chi connectivity index (χ2v) is 5.05. The summed E-state index contributed by atoms with van der Waals surface area (Å²) >= 11 is 0. The van der Waals surface area contributed by atoms with Gasteiger partial charge in [0.1, 0.15) is 11.5 Å². The maximum Gasteiger partial charge on any atom is 0.122 e. The lowest BCUT2D eigenvalue weighted by atomic mass is 9.93. The number of methoxy groups -OCH3 is 2. The van der Waals surface area contributed by atoms with E-state index in [9.17, 15) is 0 Å². The molecule has 0 fully saturated rings.